The molecule has 0 aliphatic rings. The lowest BCUT2D eigenvalue weighted by Gasteiger charge is -2.09. The van der Waals surface area contributed by atoms with Gasteiger partial charge in [0, 0.05) is 20.8 Å². The van der Waals surface area contributed by atoms with E-state index >= 15 is 0 Å². The summed E-state index contributed by atoms with van der Waals surface area (Å²) in [7, 11) is 0. The zero-order valence-electron chi connectivity index (χ0n) is 16.8. The highest BCUT2D eigenvalue weighted by Gasteiger charge is 2.24. The van der Waals surface area contributed by atoms with Crippen molar-refractivity contribution >= 4 is 55.1 Å². The molecule has 0 radical (unpaired) electrons. The van der Waals surface area contributed by atoms with Crippen molar-refractivity contribution in [3.63, 3.8) is 0 Å². The van der Waals surface area contributed by atoms with Crippen molar-refractivity contribution in [3.8, 4) is 16.9 Å². The maximum absolute atomic E-state index is 13.0. The number of anilines is 1. The molecule has 3 N–H and O–H groups in total. The molecule has 0 aliphatic carbocycles. The smallest absolute Gasteiger partial charge is 0.341 e. The second-order valence-electron chi connectivity index (χ2n) is 6.72. The summed E-state index contributed by atoms with van der Waals surface area (Å²) in [6, 6.07) is 13.6. The molecule has 2 aromatic carbocycles. The summed E-state index contributed by atoms with van der Waals surface area (Å²) in [6.07, 6.45) is 0. The van der Waals surface area contributed by atoms with Gasteiger partial charge in [-0.1, -0.05) is 40.2 Å². The zero-order chi connectivity index (χ0) is 22.8. The summed E-state index contributed by atoms with van der Waals surface area (Å²) < 4.78 is 11.5. The summed E-state index contributed by atoms with van der Waals surface area (Å²) in [5, 5.41) is 23.3. The van der Waals surface area contributed by atoms with E-state index in [1.807, 2.05) is 24.3 Å². The first-order valence-corrected chi connectivity index (χ1v) is 11.2. The Hall–Kier alpha value is -3.43. The van der Waals surface area contributed by atoms with E-state index < -0.39 is 17.4 Å². The minimum Gasteiger partial charge on any atom is -0.504 e. The van der Waals surface area contributed by atoms with Crippen molar-refractivity contribution < 1.29 is 23.8 Å². The quantitative estimate of drug-likeness (QED) is 0.304. The fourth-order valence-corrected chi connectivity index (χ4v) is 4.40. The van der Waals surface area contributed by atoms with Gasteiger partial charge in [0.15, 0.2) is 11.3 Å². The number of phenolic OH excluding ortho intramolecular Hbond substituents is 1. The lowest BCUT2D eigenvalue weighted by atomic mass is 10.0. The second-order valence-corrected chi connectivity index (χ2v) is 8.52. The Balaban J connectivity index is 1.74. The molecule has 0 saturated carbocycles. The Labute approximate surface area is 194 Å². The van der Waals surface area contributed by atoms with Gasteiger partial charge in [-0.25, -0.2) is 4.79 Å². The summed E-state index contributed by atoms with van der Waals surface area (Å²) in [5.41, 5.74) is 1.36. The number of fused-ring (bicyclic) bond motifs is 1. The second kappa shape index (κ2) is 8.97. The molecule has 0 fully saturated rings. The number of aromatic hydroxyl groups is 1. The van der Waals surface area contributed by atoms with Crippen LogP contribution in [0, 0.1) is 5.41 Å². The molecule has 7 nitrogen and oxygen atoms in total. The predicted octanol–water partition coefficient (Wildman–Crippen LogP) is 5.54. The first kappa shape index (κ1) is 21.8. The van der Waals surface area contributed by atoms with Gasteiger partial charge in [0.2, 0.25) is 5.55 Å². The van der Waals surface area contributed by atoms with Gasteiger partial charge in [-0.05, 0) is 36.8 Å². The van der Waals surface area contributed by atoms with Crippen LogP contribution in [0.15, 0.2) is 62.8 Å². The van der Waals surface area contributed by atoms with Crippen LogP contribution in [0.3, 0.4) is 0 Å². The lowest BCUT2D eigenvalue weighted by molar-refractivity contribution is 0.0529. The minimum absolute atomic E-state index is 0.0310. The van der Waals surface area contributed by atoms with Gasteiger partial charge in [0.25, 0.3) is 5.91 Å². The Morgan fingerprint density at radius 3 is 2.69 bits per heavy atom. The molecule has 162 valence electrons. The Morgan fingerprint density at radius 1 is 1.22 bits per heavy atom. The molecule has 32 heavy (non-hydrogen) atoms. The number of halogens is 1. The van der Waals surface area contributed by atoms with E-state index in [0.717, 1.165) is 10.0 Å². The molecule has 0 atom stereocenters. The topological polar surface area (TPSA) is 113 Å². The number of thiophene rings is 1. The third-order valence-corrected chi connectivity index (χ3v) is 6.09. The van der Waals surface area contributed by atoms with Gasteiger partial charge < -0.3 is 19.6 Å². The molecule has 4 rings (SSSR count). The highest BCUT2D eigenvalue weighted by Crippen LogP contribution is 2.37. The summed E-state index contributed by atoms with van der Waals surface area (Å²) in [5.74, 6) is -1.29. The number of nitrogens with one attached hydrogen (secondary N) is 2. The molecule has 9 heteroatoms. The van der Waals surface area contributed by atoms with Gasteiger partial charge in [0.05, 0.1) is 6.61 Å². The van der Waals surface area contributed by atoms with E-state index in [0.29, 0.717) is 16.0 Å². The summed E-state index contributed by atoms with van der Waals surface area (Å²) >= 11 is 4.58. The van der Waals surface area contributed by atoms with Crippen molar-refractivity contribution in [2.24, 2.45) is 0 Å². The predicted molar refractivity (Wildman–Crippen MR) is 125 cm³/mol. The molecular formula is C23H17BrN2O5S. The van der Waals surface area contributed by atoms with Crippen molar-refractivity contribution in [1.29, 1.82) is 5.41 Å². The molecule has 0 unspecified atom stereocenters. The van der Waals surface area contributed by atoms with Crippen LogP contribution in [0.25, 0.3) is 22.1 Å². The largest absolute Gasteiger partial charge is 0.504 e. The molecule has 0 saturated heterocycles. The van der Waals surface area contributed by atoms with Crippen LogP contribution in [0.1, 0.15) is 27.6 Å². The number of amides is 1. The maximum Gasteiger partial charge on any atom is 0.341 e. The van der Waals surface area contributed by atoms with Gasteiger partial charge in [0.1, 0.15) is 16.1 Å². The fraction of sp³-hybridized carbons (Fsp3) is 0.0870. The number of phenols is 1. The first-order valence-electron chi connectivity index (χ1n) is 9.55. The normalized spacial score (nSPS) is 10.8. The van der Waals surface area contributed by atoms with Gasteiger partial charge in [-0.3, -0.25) is 10.2 Å². The third-order valence-electron chi connectivity index (χ3n) is 4.67. The highest BCUT2D eigenvalue weighted by molar-refractivity contribution is 9.10. The highest BCUT2D eigenvalue weighted by atomic mass is 79.9. The Morgan fingerprint density at radius 2 is 1.97 bits per heavy atom. The average molecular weight is 513 g/mol. The zero-order valence-corrected chi connectivity index (χ0v) is 19.2. The third kappa shape index (κ3) is 4.17. The Bertz CT molecular complexity index is 1390. The number of carbonyl (C=O) groups is 2. The number of ether oxygens (including phenoxy) is 1. The van der Waals surface area contributed by atoms with E-state index in [-0.39, 0.29) is 29.1 Å². The molecule has 0 bridgehead atoms. The number of benzene rings is 2. The van der Waals surface area contributed by atoms with Crippen LogP contribution < -0.4 is 10.9 Å². The molecule has 4 aromatic rings. The van der Waals surface area contributed by atoms with Crippen molar-refractivity contribution in [2.75, 3.05) is 11.9 Å². The van der Waals surface area contributed by atoms with Crippen LogP contribution in [-0.2, 0) is 4.74 Å². The summed E-state index contributed by atoms with van der Waals surface area (Å²) in [6.45, 7) is 1.89. The first-order chi connectivity index (χ1) is 15.4. The standard InChI is InChI=1S/C23H17BrN2O5S/c1-2-30-23(29)18-16(12-6-8-14(24)9-7-12)11-32-22(18)26-21(28)15-10-13-4-3-5-17(27)19(13)31-20(15)25/h3-11,25,27H,2H2,1H3,(H,26,28). The van der Waals surface area contributed by atoms with Crippen LogP contribution in [-0.4, -0.2) is 23.6 Å². The molecule has 0 spiro atoms. The average Bonchev–Trinajstić information content (AvgIpc) is 3.18. The molecule has 1 amide bonds. The van der Waals surface area contributed by atoms with Gasteiger partial charge >= 0.3 is 5.97 Å². The SMILES string of the molecule is CCOC(=O)c1c(-c2ccc(Br)cc2)csc1NC(=O)c1cc2cccc(O)c2oc1=N. The number of para-hydroxylation sites is 1. The fourth-order valence-electron chi connectivity index (χ4n) is 3.18. The minimum atomic E-state index is -0.612. The van der Waals surface area contributed by atoms with E-state index in [1.54, 1.807) is 24.4 Å². The summed E-state index contributed by atoms with van der Waals surface area (Å²) in [4.78, 5) is 25.7. The molecular weight excluding hydrogens is 496 g/mol. The number of hydrogen-bond donors (Lipinski definition) is 3. The molecule has 2 aromatic heterocycles. The van der Waals surface area contributed by atoms with Gasteiger partial charge in [-0.2, -0.15) is 0 Å². The van der Waals surface area contributed by atoms with Crippen molar-refractivity contribution in [1.82, 2.24) is 0 Å². The number of carbonyl (C=O) groups excluding carboxylic acids is 2. The van der Waals surface area contributed by atoms with E-state index in [9.17, 15) is 14.7 Å². The molecule has 2 heterocycles. The number of hydrogen-bond acceptors (Lipinski definition) is 7. The lowest BCUT2D eigenvalue weighted by Crippen LogP contribution is -2.21. The number of rotatable bonds is 5. The van der Waals surface area contributed by atoms with Gasteiger partial charge in [-0.15, -0.1) is 11.3 Å². The van der Waals surface area contributed by atoms with Crippen LogP contribution >= 0.6 is 27.3 Å². The van der Waals surface area contributed by atoms with E-state index in [4.69, 9.17) is 14.6 Å². The van der Waals surface area contributed by atoms with Crippen molar-refractivity contribution in [3.05, 3.63) is 75.1 Å². The number of esters is 1. The van der Waals surface area contributed by atoms with Crippen LogP contribution in [0.2, 0.25) is 0 Å². The monoisotopic (exact) mass is 512 g/mol. The van der Waals surface area contributed by atoms with Crippen molar-refractivity contribution in [2.45, 2.75) is 6.92 Å². The van der Waals surface area contributed by atoms with Crippen LogP contribution in [0.5, 0.6) is 5.75 Å². The van der Waals surface area contributed by atoms with E-state index in [2.05, 4.69) is 21.2 Å². The maximum atomic E-state index is 13.0. The van der Waals surface area contributed by atoms with Crippen LogP contribution in [0.4, 0.5) is 5.00 Å². The Kier molecular flexibility index (Phi) is 6.11. The van der Waals surface area contributed by atoms with E-state index in [1.165, 1.54) is 23.5 Å². The molecule has 0 aliphatic heterocycles.